The van der Waals surface area contributed by atoms with Crippen LogP contribution in [0.25, 0.3) is 0 Å². The smallest absolute Gasteiger partial charge is 0.355 e. The fourth-order valence-electron chi connectivity index (χ4n) is 2.43. The molecule has 1 heterocycles. The number of anilines is 1. The summed E-state index contributed by atoms with van der Waals surface area (Å²) in [4.78, 5) is 36.6. The predicted molar refractivity (Wildman–Crippen MR) is 84.3 cm³/mol. The topological polar surface area (TPSA) is 94.5 Å². The van der Waals surface area contributed by atoms with E-state index in [1.165, 1.54) is 19.2 Å². The highest BCUT2D eigenvalue weighted by molar-refractivity contribution is 6.42. The predicted octanol–water partition coefficient (Wildman–Crippen LogP) is 0.756. The van der Waals surface area contributed by atoms with Gasteiger partial charge in [0.05, 0.1) is 26.5 Å². The standard InChI is InChI=1S/C16H18N2O6/c1-4-24-15(20)12-11(14(19)22-2)13(16(21)23-3)18(17-12)10-8-6-5-7-9-10/h5-9,11,13H,4H2,1-3H3/t11-,13-/m0/s1. The Bertz CT molecular complexity index is 658. The van der Waals surface area contributed by atoms with E-state index in [0.29, 0.717) is 5.69 Å². The fraction of sp³-hybridized carbons (Fsp3) is 0.375. The summed E-state index contributed by atoms with van der Waals surface area (Å²) < 4.78 is 14.5. The molecule has 1 aliphatic rings. The van der Waals surface area contributed by atoms with E-state index < -0.39 is 29.9 Å². The van der Waals surface area contributed by atoms with Crippen LogP contribution in [0.1, 0.15) is 6.92 Å². The third-order valence-electron chi connectivity index (χ3n) is 3.49. The molecule has 0 fully saturated rings. The first kappa shape index (κ1) is 17.5. The number of carbonyl (C=O) groups is 3. The quantitative estimate of drug-likeness (QED) is 0.579. The number of ether oxygens (including phenoxy) is 3. The van der Waals surface area contributed by atoms with Crippen molar-refractivity contribution in [2.45, 2.75) is 13.0 Å². The van der Waals surface area contributed by atoms with Gasteiger partial charge in [-0.2, -0.15) is 5.10 Å². The maximum Gasteiger partial charge on any atom is 0.355 e. The molecular formula is C16H18N2O6. The number of carbonyl (C=O) groups excluding carboxylic acids is 3. The van der Waals surface area contributed by atoms with Gasteiger partial charge in [-0.1, -0.05) is 18.2 Å². The Morgan fingerprint density at radius 1 is 1.08 bits per heavy atom. The molecule has 0 saturated heterocycles. The fourth-order valence-corrected chi connectivity index (χ4v) is 2.43. The summed E-state index contributed by atoms with van der Waals surface area (Å²) in [5.41, 5.74) is 0.337. The van der Waals surface area contributed by atoms with E-state index >= 15 is 0 Å². The maximum absolute atomic E-state index is 12.3. The van der Waals surface area contributed by atoms with Crippen LogP contribution in [0, 0.1) is 5.92 Å². The molecule has 8 heteroatoms. The molecule has 2 atom stereocenters. The minimum absolute atomic E-state index is 0.111. The monoisotopic (exact) mass is 334 g/mol. The molecular weight excluding hydrogens is 316 g/mol. The van der Waals surface area contributed by atoms with E-state index in [-0.39, 0.29) is 12.3 Å². The third kappa shape index (κ3) is 3.22. The van der Waals surface area contributed by atoms with Crippen LogP contribution < -0.4 is 5.01 Å². The van der Waals surface area contributed by atoms with E-state index in [0.717, 1.165) is 0 Å². The van der Waals surface area contributed by atoms with Crippen LogP contribution in [0.2, 0.25) is 0 Å². The van der Waals surface area contributed by atoms with Gasteiger partial charge in [0.15, 0.2) is 11.8 Å². The minimum Gasteiger partial charge on any atom is -0.468 e. The molecule has 0 radical (unpaired) electrons. The summed E-state index contributed by atoms with van der Waals surface area (Å²) >= 11 is 0. The molecule has 1 aliphatic heterocycles. The van der Waals surface area contributed by atoms with Gasteiger partial charge in [0.1, 0.15) is 5.92 Å². The Labute approximate surface area is 139 Å². The number of esters is 3. The second-order valence-corrected chi connectivity index (χ2v) is 4.85. The molecule has 0 aromatic heterocycles. The van der Waals surface area contributed by atoms with Crippen LogP contribution in [-0.2, 0) is 28.6 Å². The first-order chi connectivity index (χ1) is 11.5. The van der Waals surface area contributed by atoms with Gasteiger partial charge in [-0.3, -0.25) is 4.79 Å². The van der Waals surface area contributed by atoms with Crippen molar-refractivity contribution in [3.05, 3.63) is 30.3 Å². The van der Waals surface area contributed by atoms with Crippen molar-refractivity contribution in [3.8, 4) is 0 Å². The second-order valence-electron chi connectivity index (χ2n) is 4.85. The zero-order valence-corrected chi connectivity index (χ0v) is 13.6. The highest BCUT2D eigenvalue weighted by atomic mass is 16.5. The van der Waals surface area contributed by atoms with Crippen molar-refractivity contribution >= 4 is 29.3 Å². The first-order valence-electron chi connectivity index (χ1n) is 7.30. The summed E-state index contributed by atoms with van der Waals surface area (Å²) in [5, 5.41) is 5.43. The number of hydrogen-bond donors (Lipinski definition) is 0. The molecule has 2 rings (SSSR count). The zero-order valence-electron chi connectivity index (χ0n) is 13.6. The van der Waals surface area contributed by atoms with E-state index in [4.69, 9.17) is 14.2 Å². The van der Waals surface area contributed by atoms with Crippen molar-refractivity contribution in [1.29, 1.82) is 0 Å². The molecule has 128 valence electrons. The van der Waals surface area contributed by atoms with Gasteiger partial charge in [0, 0.05) is 0 Å². The van der Waals surface area contributed by atoms with Gasteiger partial charge >= 0.3 is 17.9 Å². The van der Waals surface area contributed by atoms with Crippen LogP contribution in [-0.4, -0.2) is 50.5 Å². The van der Waals surface area contributed by atoms with Crippen molar-refractivity contribution < 1.29 is 28.6 Å². The van der Waals surface area contributed by atoms with Crippen molar-refractivity contribution in [2.24, 2.45) is 11.0 Å². The summed E-state index contributed by atoms with van der Waals surface area (Å²) in [5.74, 6) is -3.49. The molecule has 8 nitrogen and oxygen atoms in total. The Hall–Kier alpha value is -2.90. The average Bonchev–Trinajstić information content (AvgIpc) is 3.02. The Morgan fingerprint density at radius 2 is 1.71 bits per heavy atom. The van der Waals surface area contributed by atoms with E-state index in [2.05, 4.69) is 5.10 Å². The molecule has 1 aromatic rings. The van der Waals surface area contributed by atoms with Crippen LogP contribution in [0.4, 0.5) is 5.69 Å². The van der Waals surface area contributed by atoms with Gasteiger partial charge in [-0.05, 0) is 19.1 Å². The van der Waals surface area contributed by atoms with Crippen LogP contribution in [0.3, 0.4) is 0 Å². The Balaban J connectivity index is 2.52. The lowest BCUT2D eigenvalue weighted by molar-refractivity contribution is -0.151. The number of hydrogen-bond acceptors (Lipinski definition) is 8. The van der Waals surface area contributed by atoms with Crippen LogP contribution in [0.5, 0.6) is 0 Å². The number of benzene rings is 1. The van der Waals surface area contributed by atoms with Gasteiger partial charge < -0.3 is 14.2 Å². The molecule has 1 aromatic carbocycles. The highest BCUT2D eigenvalue weighted by Gasteiger charge is 2.51. The molecule has 0 bridgehead atoms. The van der Waals surface area contributed by atoms with E-state index in [1.807, 2.05) is 0 Å². The van der Waals surface area contributed by atoms with Crippen LogP contribution >= 0.6 is 0 Å². The molecule has 0 aliphatic carbocycles. The lowest BCUT2D eigenvalue weighted by Crippen LogP contribution is -2.46. The summed E-state index contributed by atoms with van der Waals surface area (Å²) in [7, 11) is 2.37. The third-order valence-corrected chi connectivity index (χ3v) is 3.49. The Morgan fingerprint density at radius 3 is 2.25 bits per heavy atom. The first-order valence-corrected chi connectivity index (χ1v) is 7.30. The summed E-state index contributed by atoms with van der Waals surface area (Å²) in [6, 6.07) is 7.53. The second kappa shape index (κ2) is 7.58. The van der Waals surface area contributed by atoms with Gasteiger partial charge in [0.25, 0.3) is 0 Å². The lowest BCUT2D eigenvalue weighted by Gasteiger charge is -2.24. The number of nitrogens with zero attached hydrogens (tertiary/aromatic N) is 2. The minimum atomic E-state index is -1.23. The SMILES string of the molecule is CCOC(=O)C1=NN(c2ccccc2)[C@H](C(=O)OC)[C@H]1C(=O)OC. The van der Waals surface area contributed by atoms with Crippen molar-refractivity contribution in [3.63, 3.8) is 0 Å². The highest BCUT2D eigenvalue weighted by Crippen LogP contribution is 2.30. The zero-order chi connectivity index (χ0) is 17.7. The largest absolute Gasteiger partial charge is 0.468 e. The van der Waals surface area contributed by atoms with Crippen LogP contribution in [0.15, 0.2) is 35.4 Å². The Kier molecular flexibility index (Phi) is 5.51. The van der Waals surface area contributed by atoms with Crippen molar-refractivity contribution in [1.82, 2.24) is 0 Å². The van der Waals surface area contributed by atoms with Gasteiger partial charge in [-0.25, -0.2) is 14.6 Å². The lowest BCUT2D eigenvalue weighted by atomic mass is 9.95. The molecule has 0 N–H and O–H groups in total. The normalized spacial score (nSPS) is 19.5. The molecule has 0 unspecified atom stereocenters. The molecule has 0 spiro atoms. The molecule has 0 amide bonds. The number of methoxy groups -OCH3 is 2. The molecule has 0 saturated carbocycles. The number of hydrazone groups is 1. The summed E-state index contributed by atoms with van der Waals surface area (Å²) in [6.07, 6.45) is 0. The van der Waals surface area contributed by atoms with Gasteiger partial charge in [-0.15, -0.1) is 0 Å². The molecule has 24 heavy (non-hydrogen) atoms. The van der Waals surface area contributed by atoms with Crippen molar-refractivity contribution in [2.75, 3.05) is 25.8 Å². The summed E-state index contributed by atoms with van der Waals surface area (Å²) in [6.45, 7) is 1.74. The van der Waals surface area contributed by atoms with Gasteiger partial charge in [0.2, 0.25) is 0 Å². The van der Waals surface area contributed by atoms with E-state index in [9.17, 15) is 14.4 Å². The number of para-hydroxylation sites is 1. The number of rotatable bonds is 5. The van der Waals surface area contributed by atoms with E-state index in [1.54, 1.807) is 37.3 Å². The maximum atomic E-state index is 12.3. The average molecular weight is 334 g/mol.